The Morgan fingerprint density at radius 3 is 2.56 bits per heavy atom. The highest BCUT2D eigenvalue weighted by Crippen LogP contribution is 2.28. The number of hydrogen-bond donors (Lipinski definition) is 1. The van der Waals surface area contributed by atoms with Gasteiger partial charge in [0.1, 0.15) is 5.60 Å². The third kappa shape index (κ3) is 4.29. The van der Waals surface area contributed by atoms with Gasteiger partial charge in [-0.3, -0.25) is 5.32 Å². The highest BCUT2D eigenvalue weighted by atomic mass is 127. The maximum Gasteiger partial charge on any atom is 0.412 e. The molecule has 0 unspecified atom stereocenters. The number of anilines is 1. The molecule has 0 aromatic heterocycles. The van der Waals surface area contributed by atoms with Gasteiger partial charge in [0.2, 0.25) is 0 Å². The number of amides is 1. The Labute approximate surface area is 117 Å². The van der Waals surface area contributed by atoms with Crippen LogP contribution in [-0.4, -0.2) is 11.7 Å². The van der Waals surface area contributed by atoms with E-state index in [2.05, 4.69) is 43.8 Å². The normalized spacial score (nSPS) is 11.1. The molecule has 0 radical (unpaired) electrons. The van der Waals surface area contributed by atoms with Gasteiger partial charge in [-0.2, -0.15) is 0 Å². The molecule has 5 heteroatoms. The van der Waals surface area contributed by atoms with Crippen molar-refractivity contribution in [2.75, 3.05) is 5.32 Å². The van der Waals surface area contributed by atoms with Crippen LogP contribution >= 0.6 is 38.5 Å². The second-order valence-electron chi connectivity index (χ2n) is 4.22. The molecule has 0 fully saturated rings. The quantitative estimate of drug-likeness (QED) is 0.713. The van der Waals surface area contributed by atoms with Crippen LogP contribution in [-0.2, 0) is 4.74 Å². The molecule has 0 atom stereocenters. The van der Waals surface area contributed by atoms with Crippen molar-refractivity contribution in [3.8, 4) is 0 Å². The predicted molar refractivity (Wildman–Crippen MR) is 76.7 cm³/mol. The molecule has 1 rings (SSSR count). The Morgan fingerprint density at radius 2 is 2.06 bits per heavy atom. The maximum atomic E-state index is 11.6. The number of carbonyl (C=O) groups excluding carboxylic acids is 1. The smallest absolute Gasteiger partial charge is 0.412 e. The van der Waals surface area contributed by atoms with Crippen LogP contribution in [0.1, 0.15) is 20.8 Å². The van der Waals surface area contributed by atoms with Crippen molar-refractivity contribution in [1.82, 2.24) is 0 Å². The second-order valence-corrected chi connectivity index (χ2v) is 6.24. The fourth-order valence-corrected chi connectivity index (χ4v) is 2.49. The summed E-state index contributed by atoms with van der Waals surface area (Å²) >= 11 is 5.54. The van der Waals surface area contributed by atoms with Crippen LogP contribution in [0.4, 0.5) is 10.5 Å². The summed E-state index contributed by atoms with van der Waals surface area (Å²) in [5.41, 5.74) is 0.244. The van der Waals surface area contributed by atoms with E-state index >= 15 is 0 Å². The van der Waals surface area contributed by atoms with E-state index in [9.17, 15) is 4.79 Å². The first-order chi connectivity index (χ1) is 7.29. The van der Waals surface area contributed by atoms with Gasteiger partial charge < -0.3 is 4.74 Å². The van der Waals surface area contributed by atoms with Gasteiger partial charge in [0, 0.05) is 8.04 Å². The fraction of sp³-hybridized carbons (Fsp3) is 0.364. The van der Waals surface area contributed by atoms with Gasteiger partial charge in [-0.25, -0.2) is 4.79 Å². The van der Waals surface area contributed by atoms with Crippen LogP contribution < -0.4 is 5.32 Å². The number of rotatable bonds is 1. The van der Waals surface area contributed by atoms with E-state index in [0.29, 0.717) is 0 Å². The predicted octanol–water partition coefficient (Wildman–Crippen LogP) is 4.40. The molecule has 88 valence electrons. The second kappa shape index (κ2) is 5.35. The first-order valence-electron chi connectivity index (χ1n) is 4.73. The van der Waals surface area contributed by atoms with Crippen molar-refractivity contribution in [2.45, 2.75) is 26.4 Å². The summed E-state index contributed by atoms with van der Waals surface area (Å²) in [7, 11) is 0. The Bertz CT molecular complexity index is 381. The number of hydrogen-bond acceptors (Lipinski definition) is 2. The Morgan fingerprint density at radius 1 is 1.44 bits per heavy atom. The van der Waals surface area contributed by atoms with E-state index in [1.807, 2.05) is 39.0 Å². The summed E-state index contributed by atoms with van der Waals surface area (Å²) in [5.74, 6) is 0. The molecule has 0 aliphatic carbocycles. The number of halogens is 2. The van der Waals surface area contributed by atoms with E-state index in [1.54, 1.807) is 0 Å². The van der Waals surface area contributed by atoms with Crippen molar-refractivity contribution in [3.63, 3.8) is 0 Å². The van der Waals surface area contributed by atoms with Crippen molar-refractivity contribution >= 4 is 50.3 Å². The van der Waals surface area contributed by atoms with E-state index in [-0.39, 0.29) is 0 Å². The van der Waals surface area contributed by atoms with Crippen LogP contribution in [0.25, 0.3) is 0 Å². The van der Waals surface area contributed by atoms with Gasteiger partial charge in [-0.15, -0.1) is 0 Å². The lowest BCUT2D eigenvalue weighted by Crippen LogP contribution is -2.27. The van der Waals surface area contributed by atoms with Crippen molar-refractivity contribution in [1.29, 1.82) is 0 Å². The van der Waals surface area contributed by atoms with Gasteiger partial charge >= 0.3 is 6.09 Å². The average molecular weight is 398 g/mol. The molecule has 1 aromatic carbocycles. The number of carbonyl (C=O) groups is 1. The molecule has 1 N–H and O–H groups in total. The largest absolute Gasteiger partial charge is 0.444 e. The molecule has 0 aliphatic heterocycles. The molecule has 0 aliphatic rings. The Kier molecular flexibility index (Phi) is 4.61. The summed E-state index contributed by atoms with van der Waals surface area (Å²) in [6.07, 6.45) is -0.447. The summed E-state index contributed by atoms with van der Waals surface area (Å²) in [5, 5.41) is 2.72. The first kappa shape index (κ1) is 13.8. The van der Waals surface area contributed by atoms with Crippen LogP contribution in [0.15, 0.2) is 22.7 Å². The summed E-state index contributed by atoms with van der Waals surface area (Å²) < 4.78 is 6.97. The van der Waals surface area contributed by atoms with Crippen LogP contribution in [0.3, 0.4) is 0 Å². The molecule has 0 spiro atoms. The SMILES string of the molecule is CC(C)(C)OC(=O)Nc1c(Br)cccc1I. The van der Waals surface area contributed by atoms with E-state index in [1.165, 1.54) is 0 Å². The lowest BCUT2D eigenvalue weighted by atomic mass is 10.2. The van der Waals surface area contributed by atoms with E-state index in [0.717, 1.165) is 13.7 Å². The highest BCUT2D eigenvalue weighted by molar-refractivity contribution is 14.1. The van der Waals surface area contributed by atoms with E-state index < -0.39 is 11.7 Å². The zero-order chi connectivity index (χ0) is 12.3. The number of ether oxygens (including phenoxy) is 1. The number of benzene rings is 1. The third-order valence-corrected chi connectivity index (χ3v) is 3.15. The number of para-hydroxylation sites is 1. The zero-order valence-electron chi connectivity index (χ0n) is 9.30. The number of nitrogens with one attached hydrogen (secondary N) is 1. The first-order valence-corrected chi connectivity index (χ1v) is 6.61. The highest BCUT2D eigenvalue weighted by Gasteiger charge is 2.17. The lowest BCUT2D eigenvalue weighted by Gasteiger charge is -2.20. The lowest BCUT2D eigenvalue weighted by molar-refractivity contribution is 0.0635. The van der Waals surface area contributed by atoms with Crippen molar-refractivity contribution < 1.29 is 9.53 Å². The Balaban J connectivity index is 2.78. The van der Waals surface area contributed by atoms with E-state index in [4.69, 9.17) is 4.74 Å². The third-order valence-electron chi connectivity index (χ3n) is 1.59. The molecule has 3 nitrogen and oxygen atoms in total. The van der Waals surface area contributed by atoms with Gasteiger partial charge in [-0.05, 0) is 71.4 Å². The molecule has 16 heavy (non-hydrogen) atoms. The fourth-order valence-electron chi connectivity index (χ4n) is 1.02. The molecular formula is C11H13BrINO2. The molecule has 0 saturated carbocycles. The summed E-state index contributed by atoms with van der Waals surface area (Å²) in [4.78, 5) is 11.6. The van der Waals surface area contributed by atoms with Crippen LogP contribution in [0, 0.1) is 3.57 Å². The van der Waals surface area contributed by atoms with Gasteiger partial charge in [-0.1, -0.05) is 6.07 Å². The van der Waals surface area contributed by atoms with Crippen LogP contribution in [0.2, 0.25) is 0 Å². The molecular weight excluding hydrogens is 385 g/mol. The monoisotopic (exact) mass is 397 g/mol. The zero-order valence-corrected chi connectivity index (χ0v) is 13.0. The summed E-state index contributed by atoms with van der Waals surface area (Å²) in [6.45, 7) is 5.49. The van der Waals surface area contributed by atoms with Crippen LogP contribution in [0.5, 0.6) is 0 Å². The average Bonchev–Trinajstić information content (AvgIpc) is 2.08. The molecule has 1 aromatic rings. The molecule has 1 amide bonds. The molecule has 0 bridgehead atoms. The topological polar surface area (TPSA) is 38.3 Å². The minimum Gasteiger partial charge on any atom is -0.444 e. The standard InChI is InChI=1S/C11H13BrINO2/c1-11(2,3)16-10(15)14-9-7(12)5-4-6-8(9)13/h4-6H,1-3H3,(H,14,15). The minimum absolute atomic E-state index is 0.447. The van der Waals surface area contributed by atoms with Gasteiger partial charge in [0.15, 0.2) is 0 Å². The van der Waals surface area contributed by atoms with Gasteiger partial charge in [0.25, 0.3) is 0 Å². The Hall–Kier alpha value is -0.300. The minimum atomic E-state index is -0.489. The van der Waals surface area contributed by atoms with Crippen molar-refractivity contribution in [2.24, 2.45) is 0 Å². The molecule has 0 heterocycles. The summed E-state index contributed by atoms with van der Waals surface area (Å²) in [6, 6.07) is 5.69. The maximum absolute atomic E-state index is 11.6. The van der Waals surface area contributed by atoms with Crippen molar-refractivity contribution in [3.05, 3.63) is 26.2 Å². The molecule has 0 saturated heterocycles. The van der Waals surface area contributed by atoms with Gasteiger partial charge in [0.05, 0.1) is 5.69 Å².